The second kappa shape index (κ2) is 8.60. The van der Waals surface area contributed by atoms with Gasteiger partial charge < -0.3 is 10.0 Å². The number of halogens is 1. The molecule has 1 aliphatic carbocycles. The Bertz CT molecular complexity index is 1180. The van der Waals surface area contributed by atoms with E-state index >= 15 is 0 Å². The van der Waals surface area contributed by atoms with Gasteiger partial charge in [0.15, 0.2) is 0 Å². The van der Waals surface area contributed by atoms with Crippen LogP contribution in [0.1, 0.15) is 35.6 Å². The second-order valence-corrected chi connectivity index (χ2v) is 7.86. The van der Waals surface area contributed by atoms with E-state index in [4.69, 9.17) is 0 Å². The normalized spacial score (nSPS) is 14.1. The summed E-state index contributed by atoms with van der Waals surface area (Å²) in [7, 11) is 2.07. The maximum atomic E-state index is 13.8. The van der Waals surface area contributed by atoms with Crippen molar-refractivity contribution in [2.75, 3.05) is 11.9 Å². The van der Waals surface area contributed by atoms with Crippen LogP contribution in [0.15, 0.2) is 78.4 Å². The highest BCUT2D eigenvalue weighted by Gasteiger charge is 2.25. The minimum Gasteiger partial charge on any atom is -0.481 e. The minimum atomic E-state index is -0.919. The first-order valence-corrected chi connectivity index (χ1v) is 10.2. The number of anilines is 1. The monoisotopic (exact) mass is 413 g/mol. The fraction of sp³-hybridized carbons (Fsp3) is 0.148. The first kappa shape index (κ1) is 20.6. The highest BCUT2D eigenvalue weighted by Crippen LogP contribution is 2.43. The molecule has 0 radical (unpaired) electrons. The van der Waals surface area contributed by atoms with Gasteiger partial charge in [0.1, 0.15) is 5.82 Å². The number of nitrogens with zero attached hydrogens (tertiary/aromatic N) is 1. The van der Waals surface area contributed by atoms with Gasteiger partial charge in [0.05, 0.1) is 6.42 Å². The van der Waals surface area contributed by atoms with Crippen molar-refractivity contribution in [2.45, 2.75) is 19.9 Å². The average molecular weight is 413 g/mol. The molecule has 0 atom stereocenters. The maximum absolute atomic E-state index is 13.8. The standard InChI is InChI=1S/C27H24FNO2/c1-18-24(23-13-12-21(28)15-26(23)25(18)16-27(30)31)14-19-8-10-20(11-9-19)17-29(2)22-6-4-3-5-7-22/h3-15H,16-17H2,1-2H3,(H,30,31)/b24-14-. The van der Waals surface area contributed by atoms with Gasteiger partial charge in [0.2, 0.25) is 0 Å². The first-order valence-electron chi connectivity index (χ1n) is 10.2. The van der Waals surface area contributed by atoms with Crippen molar-refractivity contribution in [3.05, 3.63) is 106 Å². The van der Waals surface area contributed by atoms with Crippen LogP contribution in [0.25, 0.3) is 17.2 Å². The molecule has 0 aliphatic heterocycles. The Kier molecular flexibility index (Phi) is 5.72. The molecule has 4 rings (SSSR count). The van der Waals surface area contributed by atoms with Crippen LogP contribution in [0.5, 0.6) is 0 Å². The Hall–Kier alpha value is -3.66. The molecule has 3 aromatic rings. The van der Waals surface area contributed by atoms with E-state index in [1.165, 1.54) is 17.7 Å². The summed E-state index contributed by atoms with van der Waals surface area (Å²) in [6, 6.07) is 23.2. The number of carbonyl (C=O) groups is 1. The SMILES string of the molecule is CC1=C(CC(=O)O)c2cc(F)ccc2/C1=C\c1ccc(CN(C)c2ccccc2)cc1. The molecule has 3 aromatic carbocycles. The molecule has 0 heterocycles. The van der Waals surface area contributed by atoms with Crippen LogP contribution in [-0.4, -0.2) is 18.1 Å². The molecule has 3 nitrogen and oxygen atoms in total. The first-order chi connectivity index (χ1) is 14.9. The molecular formula is C27H24FNO2. The third-order valence-electron chi connectivity index (χ3n) is 5.69. The highest BCUT2D eigenvalue weighted by molar-refractivity contribution is 6.07. The fourth-order valence-electron chi connectivity index (χ4n) is 4.07. The summed E-state index contributed by atoms with van der Waals surface area (Å²) < 4.78 is 13.8. The van der Waals surface area contributed by atoms with Crippen molar-refractivity contribution in [1.29, 1.82) is 0 Å². The van der Waals surface area contributed by atoms with Gasteiger partial charge in [-0.1, -0.05) is 48.5 Å². The molecule has 0 saturated heterocycles. The quantitative estimate of drug-likeness (QED) is 0.518. The molecule has 156 valence electrons. The molecule has 0 spiro atoms. The van der Waals surface area contributed by atoms with Gasteiger partial charge in [-0.05, 0) is 76.2 Å². The minimum absolute atomic E-state index is 0.121. The number of carboxylic acid groups (broad SMARTS) is 1. The van der Waals surface area contributed by atoms with Crippen LogP contribution in [0, 0.1) is 5.82 Å². The summed E-state index contributed by atoms with van der Waals surface area (Å²) in [6.45, 7) is 2.70. The highest BCUT2D eigenvalue weighted by atomic mass is 19.1. The van der Waals surface area contributed by atoms with Crippen molar-refractivity contribution in [2.24, 2.45) is 0 Å². The van der Waals surface area contributed by atoms with Gasteiger partial charge in [-0.2, -0.15) is 0 Å². The largest absolute Gasteiger partial charge is 0.481 e. The van der Waals surface area contributed by atoms with Crippen molar-refractivity contribution in [1.82, 2.24) is 0 Å². The lowest BCUT2D eigenvalue weighted by Gasteiger charge is -2.19. The fourth-order valence-corrected chi connectivity index (χ4v) is 4.07. The molecule has 0 amide bonds. The lowest BCUT2D eigenvalue weighted by Crippen LogP contribution is -2.15. The molecule has 0 fully saturated rings. The number of hydrogen-bond acceptors (Lipinski definition) is 2. The van der Waals surface area contributed by atoms with Crippen LogP contribution in [0.2, 0.25) is 0 Å². The molecule has 0 bridgehead atoms. The van der Waals surface area contributed by atoms with E-state index in [1.807, 2.05) is 31.2 Å². The summed E-state index contributed by atoms with van der Waals surface area (Å²) >= 11 is 0. The lowest BCUT2D eigenvalue weighted by atomic mass is 10.00. The number of rotatable bonds is 6. The topological polar surface area (TPSA) is 40.5 Å². The van der Waals surface area contributed by atoms with Crippen molar-refractivity contribution in [3.8, 4) is 0 Å². The van der Waals surface area contributed by atoms with E-state index in [0.29, 0.717) is 11.1 Å². The number of carboxylic acids is 1. The zero-order chi connectivity index (χ0) is 22.0. The lowest BCUT2D eigenvalue weighted by molar-refractivity contribution is -0.135. The molecule has 0 unspecified atom stereocenters. The Morgan fingerprint density at radius 2 is 1.71 bits per heavy atom. The molecule has 1 aliphatic rings. The summed E-state index contributed by atoms with van der Waals surface area (Å²) in [6.07, 6.45) is 1.93. The Labute approximate surface area is 181 Å². The van der Waals surface area contributed by atoms with Crippen LogP contribution in [0.3, 0.4) is 0 Å². The van der Waals surface area contributed by atoms with E-state index in [0.717, 1.165) is 34.5 Å². The number of para-hydroxylation sites is 1. The van der Waals surface area contributed by atoms with Crippen LogP contribution in [0.4, 0.5) is 10.1 Å². The van der Waals surface area contributed by atoms with E-state index in [-0.39, 0.29) is 12.2 Å². The molecule has 0 saturated carbocycles. The van der Waals surface area contributed by atoms with Gasteiger partial charge in [0, 0.05) is 19.3 Å². The summed E-state index contributed by atoms with van der Waals surface area (Å²) in [4.78, 5) is 13.5. The van der Waals surface area contributed by atoms with E-state index in [1.54, 1.807) is 6.07 Å². The van der Waals surface area contributed by atoms with Crippen LogP contribution in [-0.2, 0) is 11.3 Å². The third-order valence-corrected chi connectivity index (χ3v) is 5.69. The number of hydrogen-bond donors (Lipinski definition) is 1. The predicted molar refractivity (Wildman–Crippen MR) is 124 cm³/mol. The van der Waals surface area contributed by atoms with Gasteiger partial charge >= 0.3 is 5.97 Å². The summed E-state index contributed by atoms with van der Waals surface area (Å²) in [5.41, 5.74) is 7.43. The predicted octanol–water partition coefficient (Wildman–Crippen LogP) is 6.26. The molecule has 4 heteroatoms. The summed E-state index contributed by atoms with van der Waals surface area (Å²) in [5.74, 6) is -1.28. The number of aliphatic carboxylic acids is 1. The molecule has 0 aromatic heterocycles. The zero-order valence-electron chi connectivity index (χ0n) is 17.6. The smallest absolute Gasteiger partial charge is 0.307 e. The molecular weight excluding hydrogens is 389 g/mol. The maximum Gasteiger partial charge on any atom is 0.307 e. The van der Waals surface area contributed by atoms with Crippen molar-refractivity contribution in [3.63, 3.8) is 0 Å². The van der Waals surface area contributed by atoms with Gasteiger partial charge in [-0.15, -0.1) is 0 Å². The number of fused-ring (bicyclic) bond motifs is 1. The zero-order valence-corrected chi connectivity index (χ0v) is 17.6. The van der Waals surface area contributed by atoms with Crippen LogP contribution >= 0.6 is 0 Å². The van der Waals surface area contributed by atoms with E-state index in [9.17, 15) is 14.3 Å². The van der Waals surface area contributed by atoms with E-state index < -0.39 is 5.97 Å². The molecule has 1 N–H and O–H groups in total. The number of allylic oxidation sites excluding steroid dienone is 2. The van der Waals surface area contributed by atoms with Crippen LogP contribution < -0.4 is 4.90 Å². The van der Waals surface area contributed by atoms with Gasteiger partial charge in [-0.3, -0.25) is 4.79 Å². The Balaban J connectivity index is 1.61. The van der Waals surface area contributed by atoms with Crippen molar-refractivity contribution < 1.29 is 14.3 Å². The van der Waals surface area contributed by atoms with Gasteiger partial charge in [-0.25, -0.2) is 4.39 Å². The third kappa shape index (κ3) is 4.43. The second-order valence-electron chi connectivity index (χ2n) is 7.86. The van der Waals surface area contributed by atoms with Crippen molar-refractivity contribution >= 4 is 28.9 Å². The Morgan fingerprint density at radius 3 is 2.39 bits per heavy atom. The average Bonchev–Trinajstić information content (AvgIpc) is 3.00. The Morgan fingerprint density at radius 1 is 1.00 bits per heavy atom. The molecule has 31 heavy (non-hydrogen) atoms. The summed E-state index contributed by atoms with van der Waals surface area (Å²) in [5, 5.41) is 9.30. The van der Waals surface area contributed by atoms with Gasteiger partial charge in [0.25, 0.3) is 0 Å². The number of benzene rings is 3. The van der Waals surface area contributed by atoms with E-state index in [2.05, 4.69) is 48.3 Å².